The maximum atomic E-state index is 3.54. The normalized spacial score (nSPS) is 55.4. The largest absolute Gasteiger partial charge is 0.316 e. The highest BCUT2D eigenvalue weighted by Gasteiger charge is 2.61. The van der Waals surface area contributed by atoms with Gasteiger partial charge in [0.05, 0.1) is 0 Å². The first kappa shape index (κ1) is 13.6. The first-order chi connectivity index (χ1) is 9.44. The molecule has 5 aliphatic rings. The molecule has 1 heterocycles. The first-order valence-corrected chi connectivity index (χ1v) is 8.87. The van der Waals surface area contributed by atoms with E-state index in [0.29, 0.717) is 16.4 Å². The van der Waals surface area contributed by atoms with Crippen molar-refractivity contribution in [3.05, 3.63) is 0 Å². The van der Waals surface area contributed by atoms with Gasteiger partial charge in [-0.05, 0) is 81.7 Å². The van der Waals surface area contributed by atoms with Crippen LogP contribution in [-0.4, -0.2) is 36.6 Å². The van der Waals surface area contributed by atoms with Gasteiger partial charge >= 0.3 is 0 Å². The Morgan fingerprint density at radius 2 is 1.70 bits per heavy atom. The van der Waals surface area contributed by atoms with Gasteiger partial charge in [-0.2, -0.15) is 0 Å². The molecule has 0 aromatic carbocycles. The quantitative estimate of drug-likeness (QED) is 0.831. The lowest BCUT2D eigenvalue weighted by Gasteiger charge is -2.68. The van der Waals surface area contributed by atoms with E-state index in [2.05, 4.69) is 31.1 Å². The molecule has 0 aromatic rings. The molecule has 3 unspecified atom stereocenters. The highest BCUT2D eigenvalue weighted by Crippen LogP contribution is 2.67. The summed E-state index contributed by atoms with van der Waals surface area (Å²) >= 11 is 0. The van der Waals surface area contributed by atoms with Gasteiger partial charge in [-0.1, -0.05) is 13.8 Å². The van der Waals surface area contributed by atoms with E-state index in [-0.39, 0.29) is 0 Å². The number of piperidine rings is 1. The summed E-state index contributed by atoms with van der Waals surface area (Å²) in [7, 11) is 2.15. The van der Waals surface area contributed by atoms with Gasteiger partial charge in [-0.25, -0.2) is 0 Å². The summed E-state index contributed by atoms with van der Waals surface area (Å²) in [5.41, 5.74) is 1.87. The van der Waals surface area contributed by atoms with Crippen molar-refractivity contribution in [1.29, 1.82) is 0 Å². The van der Waals surface area contributed by atoms with Crippen molar-refractivity contribution in [1.82, 2.24) is 10.2 Å². The topological polar surface area (TPSA) is 15.3 Å². The summed E-state index contributed by atoms with van der Waals surface area (Å²) < 4.78 is 0. The molecule has 20 heavy (non-hydrogen) atoms. The van der Waals surface area contributed by atoms with Crippen molar-refractivity contribution >= 4 is 0 Å². The molecule has 2 nitrogen and oxygen atoms in total. The Kier molecular flexibility index (Phi) is 2.87. The molecule has 4 saturated carbocycles. The fourth-order valence-electron chi connectivity index (χ4n) is 7.38. The van der Waals surface area contributed by atoms with E-state index in [1.54, 1.807) is 0 Å². The van der Waals surface area contributed by atoms with E-state index in [9.17, 15) is 0 Å². The Morgan fingerprint density at radius 3 is 2.30 bits per heavy atom. The lowest BCUT2D eigenvalue weighted by Crippen LogP contribution is -2.67. The molecule has 5 fully saturated rings. The average molecular weight is 276 g/mol. The molecular weight excluding hydrogens is 244 g/mol. The molecule has 3 atom stereocenters. The number of likely N-dealkylation sites (tertiary alicyclic amines) is 1. The third kappa shape index (κ3) is 1.98. The lowest BCUT2D eigenvalue weighted by molar-refractivity contribution is -0.166. The summed E-state index contributed by atoms with van der Waals surface area (Å²) in [6.45, 7) is 7.86. The molecule has 0 radical (unpaired) electrons. The number of rotatable bonds is 2. The van der Waals surface area contributed by atoms with Crippen LogP contribution < -0.4 is 5.32 Å². The smallest absolute Gasteiger partial charge is 0.0223 e. The Bertz CT molecular complexity index is 386. The van der Waals surface area contributed by atoms with E-state index in [1.807, 2.05) is 0 Å². The molecule has 4 aliphatic carbocycles. The zero-order chi connectivity index (χ0) is 14.0. The summed E-state index contributed by atoms with van der Waals surface area (Å²) in [5, 5.41) is 3.54. The second kappa shape index (κ2) is 4.23. The van der Waals surface area contributed by atoms with Crippen molar-refractivity contribution in [2.75, 3.05) is 20.1 Å². The number of nitrogens with one attached hydrogen (secondary N) is 1. The third-order valence-electron chi connectivity index (χ3n) is 7.10. The maximum Gasteiger partial charge on any atom is 0.0223 e. The van der Waals surface area contributed by atoms with E-state index in [0.717, 1.165) is 12.0 Å². The molecular formula is C18H32N2. The predicted octanol–water partition coefficient (Wildman–Crippen LogP) is 3.42. The molecule has 114 valence electrons. The van der Waals surface area contributed by atoms with Crippen LogP contribution in [0, 0.1) is 16.7 Å². The minimum absolute atomic E-state index is 0.568. The van der Waals surface area contributed by atoms with Gasteiger partial charge in [0.1, 0.15) is 0 Å². The Hall–Kier alpha value is -0.0800. The highest BCUT2D eigenvalue weighted by molar-refractivity contribution is 5.15. The van der Waals surface area contributed by atoms with Crippen LogP contribution in [0.2, 0.25) is 0 Å². The zero-order valence-electron chi connectivity index (χ0n) is 13.7. The fourth-order valence-corrected chi connectivity index (χ4v) is 7.38. The predicted molar refractivity (Wildman–Crippen MR) is 83.8 cm³/mol. The Morgan fingerprint density at radius 1 is 1.00 bits per heavy atom. The van der Waals surface area contributed by atoms with Crippen molar-refractivity contribution in [3.63, 3.8) is 0 Å². The van der Waals surface area contributed by atoms with Crippen molar-refractivity contribution < 1.29 is 0 Å². The van der Waals surface area contributed by atoms with Crippen molar-refractivity contribution in [2.24, 2.45) is 16.7 Å². The van der Waals surface area contributed by atoms with Gasteiger partial charge in [0.15, 0.2) is 0 Å². The molecule has 1 N–H and O–H groups in total. The minimum Gasteiger partial charge on any atom is -0.316 e. The van der Waals surface area contributed by atoms with E-state index >= 15 is 0 Å². The van der Waals surface area contributed by atoms with E-state index in [1.165, 1.54) is 64.5 Å². The van der Waals surface area contributed by atoms with Gasteiger partial charge < -0.3 is 5.32 Å². The molecule has 0 amide bonds. The second-order valence-electron chi connectivity index (χ2n) is 9.43. The first-order valence-electron chi connectivity index (χ1n) is 8.87. The molecule has 4 bridgehead atoms. The molecule has 0 spiro atoms. The van der Waals surface area contributed by atoms with Gasteiger partial charge in [0, 0.05) is 18.1 Å². The van der Waals surface area contributed by atoms with Crippen molar-refractivity contribution in [3.8, 4) is 0 Å². The van der Waals surface area contributed by atoms with Crippen LogP contribution in [0.5, 0.6) is 0 Å². The molecule has 2 heteroatoms. The standard InChI is InChI=1S/C18H32N2/c1-16-7-14-8-17(2,11-16)13-18(9-14,12-16)20-6-4-5-15(10-20)19-3/h14-15,19H,4-13H2,1-3H3. The molecule has 1 aliphatic heterocycles. The zero-order valence-corrected chi connectivity index (χ0v) is 13.7. The monoisotopic (exact) mass is 276 g/mol. The number of likely N-dealkylation sites (N-methyl/N-ethyl adjacent to an activating group) is 1. The van der Waals surface area contributed by atoms with Crippen molar-refractivity contribution in [2.45, 2.75) is 76.8 Å². The van der Waals surface area contributed by atoms with Gasteiger partial charge in [0.2, 0.25) is 0 Å². The average Bonchev–Trinajstić information content (AvgIpc) is 2.34. The fraction of sp³-hybridized carbons (Fsp3) is 1.00. The third-order valence-corrected chi connectivity index (χ3v) is 7.10. The van der Waals surface area contributed by atoms with Gasteiger partial charge in [-0.15, -0.1) is 0 Å². The Labute approximate surface area is 124 Å². The van der Waals surface area contributed by atoms with Crippen LogP contribution in [0.25, 0.3) is 0 Å². The van der Waals surface area contributed by atoms with E-state index in [4.69, 9.17) is 0 Å². The summed E-state index contributed by atoms with van der Waals surface area (Å²) in [5.74, 6) is 1.02. The van der Waals surface area contributed by atoms with E-state index < -0.39 is 0 Å². The maximum absolute atomic E-state index is 3.54. The molecule has 0 aromatic heterocycles. The van der Waals surface area contributed by atoms with Crippen LogP contribution >= 0.6 is 0 Å². The molecule has 1 saturated heterocycles. The Balaban J connectivity index is 1.63. The SMILES string of the molecule is CNC1CCCN(C23CC4CC(C)(CC(C)(C4)C2)C3)C1. The minimum atomic E-state index is 0.568. The number of hydrogen-bond donors (Lipinski definition) is 1. The van der Waals surface area contributed by atoms with Crippen LogP contribution in [-0.2, 0) is 0 Å². The summed E-state index contributed by atoms with van der Waals surface area (Å²) in [4.78, 5) is 2.93. The van der Waals surface area contributed by atoms with Gasteiger partial charge in [-0.3, -0.25) is 4.90 Å². The molecule has 5 rings (SSSR count). The van der Waals surface area contributed by atoms with Crippen LogP contribution in [0.4, 0.5) is 0 Å². The highest BCUT2D eigenvalue weighted by atomic mass is 15.2. The number of nitrogens with zero attached hydrogens (tertiary/aromatic N) is 1. The second-order valence-corrected chi connectivity index (χ2v) is 9.43. The summed E-state index contributed by atoms with van der Waals surface area (Å²) in [6, 6.07) is 0.734. The van der Waals surface area contributed by atoms with Crippen LogP contribution in [0.1, 0.15) is 65.2 Å². The van der Waals surface area contributed by atoms with Gasteiger partial charge in [0.25, 0.3) is 0 Å². The van der Waals surface area contributed by atoms with Crippen LogP contribution in [0.15, 0.2) is 0 Å². The lowest BCUT2D eigenvalue weighted by atomic mass is 9.42. The van der Waals surface area contributed by atoms with Crippen LogP contribution in [0.3, 0.4) is 0 Å². The number of hydrogen-bond acceptors (Lipinski definition) is 2. The summed E-state index contributed by atoms with van der Waals surface area (Å²) in [6.07, 6.45) is 11.8.